The van der Waals surface area contributed by atoms with E-state index in [0.717, 1.165) is 24.5 Å². The van der Waals surface area contributed by atoms with Crippen molar-refractivity contribution in [2.45, 2.75) is 16.7 Å². The monoisotopic (exact) mass is 281 g/mol. The maximum Gasteiger partial charge on any atom is 0.269 e. The standard InChI is InChI=1S/C13H15NO2S2/c1-17-13-11(16-10-6-3-2-4-7-10)12(15)14(13)8-5-9-18-13/h2-4,6-7,11H,5,8-9H2,1H3. The molecule has 2 unspecified atom stereocenters. The Balaban J connectivity index is 1.81. The predicted octanol–water partition coefficient (Wildman–Crippen LogP) is 2.43. The first-order valence-electron chi connectivity index (χ1n) is 6.00. The first kappa shape index (κ1) is 12.2. The number of amides is 1. The van der Waals surface area contributed by atoms with E-state index in [1.807, 2.05) is 47.0 Å². The Bertz CT molecular complexity index is 454. The summed E-state index contributed by atoms with van der Waals surface area (Å²) in [6.45, 7) is 0.862. The van der Waals surface area contributed by atoms with Gasteiger partial charge in [-0.05, 0) is 30.6 Å². The molecule has 18 heavy (non-hydrogen) atoms. The van der Waals surface area contributed by atoms with Crippen molar-refractivity contribution in [1.82, 2.24) is 4.90 Å². The summed E-state index contributed by atoms with van der Waals surface area (Å²) in [5.41, 5.74) is 0. The summed E-state index contributed by atoms with van der Waals surface area (Å²) >= 11 is 3.55. The van der Waals surface area contributed by atoms with Crippen molar-refractivity contribution >= 4 is 29.4 Å². The molecule has 0 radical (unpaired) electrons. The summed E-state index contributed by atoms with van der Waals surface area (Å²) in [6.07, 6.45) is 2.79. The van der Waals surface area contributed by atoms with Crippen molar-refractivity contribution in [2.75, 3.05) is 18.6 Å². The van der Waals surface area contributed by atoms with Gasteiger partial charge in [-0.15, -0.1) is 23.5 Å². The molecule has 1 amide bonds. The van der Waals surface area contributed by atoms with Crippen molar-refractivity contribution in [3.63, 3.8) is 0 Å². The van der Waals surface area contributed by atoms with Gasteiger partial charge < -0.3 is 9.64 Å². The highest BCUT2D eigenvalue weighted by Gasteiger charge is 2.63. The van der Waals surface area contributed by atoms with Gasteiger partial charge in [0.05, 0.1) is 0 Å². The summed E-state index contributed by atoms with van der Waals surface area (Å²) in [5, 5.41) is 0. The van der Waals surface area contributed by atoms with Crippen molar-refractivity contribution in [3.05, 3.63) is 30.3 Å². The zero-order valence-electron chi connectivity index (χ0n) is 10.2. The largest absolute Gasteiger partial charge is 0.476 e. The molecule has 0 aromatic heterocycles. The fraction of sp³-hybridized carbons (Fsp3) is 0.462. The number of ether oxygens (including phenoxy) is 1. The topological polar surface area (TPSA) is 29.5 Å². The minimum absolute atomic E-state index is 0.125. The van der Waals surface area contributed by atoms with Crippen LogP contribution in [0.15, 0.2) is 30.3 Å². The zero-order valence-corrected chi connectivity index (χ0v) is 11.8. The molecule has 0 bridgehead atoms. The molecule has 5 heteroatoms. The number of fused-ring (bicyclic) bond motifs is 1. The Labute approximate surface area is 115 Å². The SMILES string of the molecule is CSC12SCCCN1C(=O)C2Oc1ccccc1. The maximum absolute atomic E-state index is 12.1. The lowest BCUT2D eigenvalue weighted by Crippen LogP contribution is -2.74. The van der Waals surface area contributed by atoms with Gasteiger partial charge in [0.2, 0.25) is 6.10 Å². The second kappa shape index (κ2) is 4.70. The normalized spacial score (nSPS) is 30.6. The lowest BCUT2D eigenvalue weighted by Gasteiger charge is -2.57. The summed E-state index contributed by atoms with van der Waals surface area (Å²) < 4.78 is 5.69. The van der Waals surface area contributed by atoms with Crippen LogP contribution in [0.3, 0.4) is 0 Å². The number of rotatable bonds is 3. The van der Waals surface area contributed by atoms with E-state index >= 15 is 0 Å². The minimum Gasteiger partial charge on any atom is -0.476 e. The van der Waals surface area contributed by atoms with Crippen LogP contribution in [-0.4, -0.2) is 39.7 Å². The van der Waals surface area contributed by atoms with Crippen LogP contribution < -0.4 is 4.74 Å². The predicted molar refractivity (Wildman–Crippen MR) is 75.9 cm³/mol. The van der Waals surface area contributed by atoms with E-state index in [2.05, 4.69) is 6.26 Å². The van der Waals surface area contributed by atoms with Gasteiger partial charge in [0.1, 0.15) is 5.75 Å². The Morgan fingerprint density at radius 1 is 1.44 bits per heavy atom. The molecule has 1 aromatic carbocycles. The van der Waals surface area contributed by atoms with Gasteiger partial charge in [0.25, 0.3) is 5.91 Å². The third-order valence-corrected chi connectivity index (χ3v) is 6.54. The van der Waals surface area contributed by atoms with Gasteiger partial charge >= 0.3 is 0 Å². The summed E-state index contributed by atoms with van der Waals surface area (Å²) in [7, 11) is 0. The van der Waals surface area contributed by atoms with Crippen LogP contribution in [0.5, 0.6) is 5.75 Å². The van der Waals surface area contributed by atoms with Crippen LogP contribution in [-0.2, 0) is 4.79 Å². The molecule has 0 N–H and O–H groups in total. The van der Waals surface area contributed by atoms with E-state index in [1.165, 1.54) is 0 Å². The smallest absolute Gasteiger partial charge is 0.269 e. The highest BCUT2D eigenvalue weighted by atomic mass is 32.2. The molecule has 3 rings (SSSR count). The number of thioether (sulfide) groups is 2. The molecule has 2 fully saturated rings. The summed E-state index contributed by atoms with van der Waals surface area (Å²) in [5.74, 6) is 2.00. The molecule has 2 saturated heterocycles. The number of hydrogen-bond donors (Lipinski definition) is 0. The molecule has 0 spiro atoms. The highest BCUT2D eigenvalue weighted by Crippen LogP contribution is 2.53. The number of carbonyl (C=O) groups excluding carboxylic acids is 1. The van der Waals surface area contributed by atoms with Crippen LogP contribution >= 0.6 is 23.5 Å². The fourth-order valence-corrected chi connectivity index (χ4v) is 5.11. The van der Waals surface area contributed by atoms with E-state index in [-0.39, 0.29) is 16.2 Å². The van der Waals surface area contributed by atoms with E-state index in [0.29, 0.717) is 0 Å². The number of β-lactam (4-membered cyclic amide) rings is 1. The number of nitrogens with zero attached hydrogens (tertiary/aromatic N) is 1. The highest BCUT2D eigenvalue weighted by molar-refractivity contribution is 8.18. The summed E-state index contributed by atoms with van der Waals surface area (Å²) in [6, 6.07) is 9.60. The van der Waals surface area contributed by atoms with Gasteiger partial charge in [0, 0.05) is 6.54 Å². The number of benzene rings is 1. The Hall–Kier alpha value is -0.810. The molecule has 2 aliphatic rings. The van der Waals surface area contributed by atoms with Crippen LogP contribution in [0.25, 0.3) is 0 Å². The van der Waals surface area contributed by atoms with Gasteiger partial charge in [-0.2, -0.15) is 0 Å². The molecule has 0 saturated carbocycles. The molecule has 2 atom stereocenters. The number of hydrogen-bond acceptors (Lipinski definition) is 4. The van der Waals surface area contributed by atoms with Crippen LogP contribution in [0.1, 0.15) is 6.42 Å². The maximum atomic E-state index is 12.1. The van der Waals surface area contributed by atoms with Gasteiger partial charge in [-0.1, -0.05) is 18.2 Å². The molecule has 0 aliphatic carbocycles. The molecular formula is C13H15NO2S2. The van der Waals surface area contributed by atoms with Crippen LogP contribution in [0.4, 0.5) is 0 Å². The average Bonchev–Trinajstić information content (AvgIpc) is 2.45. The van der Waals surface area contributed by atoms with Crippen molar-refractivity contribution in [2.24, 2.45) is 0 Å². The Morgan fingerprint density at radius 3 is 2.94 bits per heavy atom. The molecule has 2 aliphatic heterocycles. The van der Waals surface area contributed by atoms with E-state index < -0.39 is 0 Å². The molecule has 2 heterocycles. The molecular weight excluding hydrogens is 266 g/mol. The zero-order chi connectivity index (χ0) is 12.6. The quantitative estimate of drug-likeness (QED) is 0.796. The average molecular weight is 281 g/mol. The van der Waals surface area contributed by atoms with Gasteiger partial charge in [0.15, 0.2) is 4.20 Å². The lowest BCUT2D eigenvalue weighted by atomic mass is 10.1. The van der Waals surface area contributed by atoms with Gasteiger partial charge in [-0.25, -0.2) is 0 Å². The Kier molecular flexibility index (Phi) is 3.20. The fourth-order valence-electron chi connectivity index (χ4n) is 2.42. The number of carbonyl (C=O) groups is 1. The van der Waals surface area contributed by atoms with Crippen molar-refractivity contribution < 1.29 is 9.53 Å². The van der Waals surface area contributed by atoms with Gasteiger partial charge in [-0.3, -0.25) is 4.79 Å². The third-order valence-electron chi connectivity index (χ3n) is 3.32. The molecule has 96 valence electrons. The van der Waals surface area contributed by atoms with Crippen LogP contribution in [0, 0.1) is 0 Å². The van der Waals surface area contributed by atoms with E-state index in [4.69, 9.17) is 4.74 Å². The second-order valence-electron chi connectivity index (χ2n) is 4.34. The first-order valence-corrected chi connectivity index (χ1v) is 8.21. The van der Waals surface area contributed by atoms with Crippen molar-refractivity contribution in [3.8, 4) is 5.75 Å². The minimum atomic E-state index is -0.347. The lowest BCUT2D eigenvalue weighted by molar-refractivity contribution is -0.159. The van der Waals surface area contributed by atoms with Crippen molar-refractivity contribution in [1.29, 1.82) is 0 Å². The molecule has 1 aromatic rings. The van der Waals surface area contributed by atoms with E-state index in [9.17, 15) is 4.79 Å². The number of para-hydroxylation sites is 1. The van der Waals surface area contributed by atoms with Crippen LogP contribution in [0.2, 0.25) is 0 Å². The van der Waals surface area contributed by atoms with E-state index in [1.54, 1.807) is 11.8 Å². The third kappa shape index (κ3) is 1.72. The summed E-state index contributed by atoms with van der Waals surface area (Å²) in [4.78, 5) is 14.1. The second-order valence-corrected chi connectivity index (χ2v) is 6.95. The molecule has 3 nitrogen and oxygen atoms in total. The first-order chi connectivity index (χ1) is 8.78. The Morgan fingerprint density at radius 2 is 2.22 bits per heavy atom.